The summed E-state index contributed by atoms with van der Waals surface area (Å²) in [7, 11) is 1.60. The summed E-state index contributed by atoms with van der Waals surface area (Å²) in [5, 5.41) is 0. The van der Waals surface area contributed by atoms with Crippen LogP contribution in [0.2, 0.25) is 0 Å². The first-order valence-electron chi connectivity index (χ1n) is 5.01. The van der Waals surface area contributed by atoms with Crippen LogP contribution < -0.4 is 10.5 Å². The highest BCUT2D eigenvalue weighted by atomic mass is 16.5. The van der Waals surface area contributed by atoms with Crippen molar-refractivity contribution in [2.75, 3.05) is 7.11 Å². The molecule has 0 aliphatic heterocycles. The minimum Gasteiger partial charge on any atom is -0.495 e. The van der Waals surface area contributed by atoms with Gasteiger partial charge in [-0.3, -0.25) is 4.98 Å². The Bertz CT molecular complexity index is 479. The molecule has 2 heterocycles. The summed E-state index contributed by atoms with van der Waals surface area (Å²) in [4.78, 5) is 4.07. The Kier molecular flexibility index (Phi) is 2.92. The lowest BCUT2D eigenvalue weighted by Crippen LogP contribution is -2.12. The Morgan fingerprint density at radius 1 is 1.44 bits per heavy atom. The highest BCUT2D eigenvalue weighted by Gasteiger charge is 2.15. The third-order valence-electron chi connectivity index (χ3n) is 2.51. The van der Waals surface area contributed by atoms with Gasteiger partial charge in [-0.25, -0.2) is 0 Å². The minimum absolute atomic E-state index is 0.308. The molecule has 84 valence electrons. The second-order valence-electron chi connectivity index (χ2n) is 3.60. The molecule has 2 aromatic rings. The van der Waals surface area contributed by atoms with Crippen LogP contribution >= 0.6 is 0 Å². The molecule has 0 aliphatic rings. The van der Waals surface area contributed by atoms with E-state index in [2.05, 4.69) is 4.98 Å². The normalized spacial score (nSPS) is 12.4. The summed E-state index contributed by atoms with van der Waals surface area (Å²) in [5.41, 5.74) is 8.01. The van der Waals surface area contributed by atoms with Crippen molar-refractivity contribution in [2.45, 2.75) is 13.0 Å². The van der Waals surface area contributed by atoms with E-state index < -0.39 is 0 Å². The number of aromatic nitrogens is 1. The summed E-state index contributed by atoms with van der Waals surface area (Å²) in [5.74, 6) is 1.45. The van der Waals surface area contributed by atoms with E-state index in [0.29, 0.717) is 5.75 Å². The fourth-order valence-corrected chi connectivity index (χ4v) is 1.57. The molecular formula is C12H14N2O2. The maximum absolute atomic E-state index is 6.10. The monoisotopic (exact) mass is 218 g/mol. The molecule has 0 aromatic carbocycles. The second-order valence-corrected chi connectivity index (χ2v) is 3.60. The lowest BCUT2D eigenvalue weighted by Gasteiger charge is -2.11. The van der Waals surface area contributed by atoms with Crippen LogP contribution in [0.1, 0.15) is 22.9 Å². The van der Waals surface area contributed by atoms with Gasteiger partial charge in [0, 0.05) is 6.20 Å². The van der Waals surface area contributed by atoms with Crippen LogP contribution in [-0.4, -0.2) is 12.1 Å². The van der Waals surface area contributed by atoms with Crippen molar-refractivity contribution in [1.82, 2.24) is 4.98 Å². The van der Waals surface area contributed by atoms with Gasteiger partial charge < -0.3 is 14.9 Å². The number of hydrogen-bond acceptors (Lipinski definition) is 4. The van der Waals surface area contributed by atoms with Crippen molar-refractivity contribution in [1.29, 1.82) is 0 Å². The van der Waals surface area contributed by atoms with Crippen LogP contribution in [0, 0.1) is 6.92 Å². The highest BCUT2D eigenvalue weighted by molar-refractivity contribution is 5.32. The van der Waals surface area contributed by atoms with Crippen LogP contribution in [0.3, 0.4) is 0 Å². The lowest BCUT2D eigenvalue weighted by atomic mass is 10.1. The molecule has 2 N–H and O–H groups in total. The number of methoxy groups -OCH3 is 1. The first-order chi connectivity index (χ1) is 7.72. The van der Waals surface area contributed by atoms with Gasteiger partial charge in [0.05, 0.1) is 25.6 Å². The maximum Gasteiger partial charge on any atom is 0.137 e. The fourth-order valence-electron chi connectivity index (χ4n) is 1.57. The van der Waals surface area contributed by atoms with Crippen molar-refractivity contribution in [3.05, 3.63) is 47.7 Å². The van der Waals surface area contributed by atoms with Gasteiger partial charge >= 0.3 is 0 Å². The predicted octanol–water partition coefficient (Wildman–Crippen LogP) is 2.04. The molecule has 0 saturated heterocycles. The molecule has 4 nitrogen and oxygen atoms in total. The molecule has 0 aliphatic carbocycles. The van der Waals surface area contributed by atoms with Gasteiger partial charge in [0.2, 0.25) is 0 Å². The molecule has 0 bridgehead atoms. The summed E-state index contributed by atoms with van der Waals surface area (Å²) >= 11 is 0. The number of hydrogen-bond donors (Lipinski definition) is 1. The van der Waals surface area contributed by atoms with Gasteiger partial charge in [-0.2, -0.15) is 0 Å². The molecule has 16 heavy (non-hydrogen) atoms. The number of rotatable bonds is 3. The number of nitrogens with two attached hydrogens (primary N) is 1. The van der Waals surface area contributed by atoms with E-state index in [0.717, 1.165) is 16.9 Å². The van der Waals surface area contributed by atoms with Crippen LogP contribution in [0.4, 0.5) is 0 Å². The zero-order chi connectivity index (χ0) is 11.5. The van der Waals surface area contributed by atoms with Gasteiger partial charge in [-0.1, -0.05) is 0 Å². The summed E-state index contributed by atoms with van der Waals surface area (Å²) in [6.45, 7) is 1.96. The maximum atomic E-state index is 6.10. The smallest absolute Gasteiger partial charge is 0.137 e. The zero-order valence-electron chi connectivity index (χ0n) is 9.31. The molecule has 4 heteroatoms. The highest BCUT2D eigenvalue weighted by Crippen LogP contribution is 2.24. The van der Waals surface area contributed by atoms with E-state index in [1.54, 1.807) is 25.8 Å². The van der Waals surface area contributed by atoms with Crippen molar-refractivity contribution in [3.63, 3.8) is 0 Å². The molecule has 0 fully saturated rings. The zero-order valence-corrected chi connectivity index (χ0v) is 9.31. The first kappa shape index (κ1) is 10.7. The van der Waals surface area contributed by atoms with Crippen molar-refractivity contribution < 1.29 is 9.15 Å². The quantitative estimate of drug-likeness (QED) is 0.856. The van der Waals surface area contributed by atoms with E-state index in [1.165, 1.54) is 0 Å². The van der Waals surface area contributed by atoms with Crippen molar-refractivity contribution in [3.8, 4) is 5.75 Å². The van der Waals surface area contributed by atoms with E-state index in [1.807, 2.05) is 19.1 Å². The minimum atomic E-state index is -0.308. The molecule has 0 saturated carbocycles. The Labute approximate surface area is 94.1 Å². The lowest BCUT2D eigenvalue weighted by molar-refractivity contribution is 0.411. The van der Waals surface area contributed by atoms with Crippen molar-refractivity contribution in [2.24, 2.45) is 5.73 Å². The standard InChI is InChI=1S/C12H14N2O2/c1-8-3-4-16-12(8)11(13)9-5-10(15-2)7-14-6-9/h3-7,11H,13H2,1-2H3. The molecule has 2 aromatic heterocycles. The second kappa shape index (κ2) is 4.37. The van der Waals surface area contributed by atoms with E-state index in [4.69, 9.17) is 14.9 Å². The van der Waals surface area contributed by atoms with Gasteiger partial charge in [0.1, 0.15) is 11.5 Å². The van der Waals surface area contributed by atoms with Crippen LogP contribution in [0.25, 0.3) is 0 Å². The molecular weight excluding hydrogens is 204 g/mol. The largest absolute Gasteiger partial charge is 0.495 e. The van der Waals surface area contributed by atoms with Gasteiger partial charge in [0.25, 0.3) is 0 Å². The van der Waals surface area contributed by atoms with E-state index in [9.17, 15) is 0 Å². The third kappa shape index (κ3) is 1.92. The van der Waals surface area contributed by atoms with E-state index >= 15 is 0 Å². The van der Waals surface area contributed by atoms with Crippen LogP contribution in [0.15, 0.2) is 35.2 Å². The SMILES string of the molecule is COc1cncc(C(N)c2occc2C)c1. The average Bonchev–Trinajstić information content (AvgIpc) is 2.74. The topological polar surface area (TPSA) is 61.3 Å². The van der Waals surface area contributed by atoms with Crippen LogP contribution in [-0.2, 0) is 0 Å². The van der Waals surface area contributed by atoms with E-state index in [-0.39, 0.29) is 6.04 Å². The fraction of sp³-hybridized carbons (Fsp3) is 0.250. The average molecular weight is 218 g/mol. The summed E-state index contributed by atoms with van der Waals surface area (Å²) in [6, 6.07) is 3.44. The van der Waals surface area contributed by atoms with Crippen LogP contribution in [0.5, 0.6) is 5.75 Å². The summed E-state index contributed by atoms with van der Waals surface area (Å²) < 4.78 is 10.5. The third-order valence-corrected chi connectivity index (χ3v) is 2.51. The number of aryl methyl sites for hydroxylation is 1. The molecule has 1 atom stereocenters. The molecule has 0 amide bonds. The molecule has 0 spiro atoms. The number of ether oxygens (including phenoxy) is 1. The number of furan rings is 1. The summed E-state index contributed by atoms with van der Waals surface area (Å²) in [6.07, 6.45) is 5.00. The Balaban J connectivity index is 2.33. The Morgan fingerprint density at radius 2 is 2.25 bits per heavy atom. The molecule has 0 radical (unpaired) electrons. The molecule has 2 rings (SSSR count). The number of pyridine rings is 1. The Hall–Kier alpha value is -1.81. The first-order valence-corrected chi connectivity index (χ1v) is 5.01. The van der Waals surface area contributed by atoms with Crippen molar-refractivity contribution >= 4 is 0 Å². The van der Waals surface area contributed by atoms with Gasteiger partial charge in [0.15, 0.2) is 0 Å². The van der Waals surface area contributed by atoms with Gasteiger partial charge in [-0.15, -0.1) is 0 Å². The predicted molar refractivity (Wildman–Crippen MR) is 60.3 cm³/mol. The number of nitrogens with zero attached hydrogens (tertiary/aromatic N) is 1. The van der Waals surface area contributed by atoms with Gasteiger partial charge in [-0.05, 0) is 30.2 Å². The molecule has 1 unspecified atom stereocenters. The Morgan fingerprint density at radius 3 is 2.88 bits per heavy atom.